The fourth-order valence-corrected chi connectivity index (χ4v) is 4.85. The molecule has 1 fully saturated rings. The maximum Gasteiger partial charge on any atom is 0.263 e. The van der Waals surface area contributed by atoms with Crippen molar-refractivity contribution in [3.8, 4) is 34.3 Å². The van der Waals surface area contributed by atoms with Gasteiger partial charge in [0.2, 0.25) is 5.88 Å². The van der Waals surface area contributed by atoms with Crippen LogP contribution in [0.1, 0.15) is 41.4 Å². The van der Waals surface area contributed by atoms with E-state index >= 15 is 0 Å². The molecule has 1 saturated heterocycles. The third kappa shape index (κ3) is 5.67. The maximum atomic E-state index is 13.6. The van der Waals surface area contributed by atoms with Crippen LogP contribution in [0.5, 0.6) is 23.1 Å². The number of amides is 1. The number of carbonyl (C=O) groups is 1. The minimum absolute atomic E-state index is 0.244. The van der Waals surface area contributed by atoms with Gasteiger partial charge in [-0.15, -0.1) is 0 Å². The molecule has 0 unspecified atom stereocenters. The van der Waals surface area contributed by atoms with Crippen molar-refractivity contribution in [1.82, 2.24) is 14.8 Å². The SMILES string of the molecule is CCCCc1nc(O)c(C(=O)N2CCN(Cc3cccc(F)c3)CC2)c(O)c1-c1c(OC)cccc1OC. The van der Waals surface area contributed by atoms with Crippen LogP contribution in [0.15, 0.2) is 42.5 Å². The zero-order valence-corrected chi connectivity index (χ0v) is 22.0. The summed E-state index contributed by atoms with van der Waals surface area (Å²) >= 11 is 0. The van der Waals surface area contributed by atoms with Crippen LogP contribution in [0.3, 0.4) is 0 Å². The molecule has 38 heavy (non-hydrogen) atoms. The van der Waals surface area contributed by atoms with Crippen LogP contribution in [-0.4, -0.2) is 71.3 Å². The van der Waals surface area contributed by atoms with Gasteiger partial charge in [0.1, 0.15) is 28.6 Å². The number of aromatic nitrogens is 1. The second-order valence-corrected chi connectivity index (χ2v) is 9.32. The van der Waals surface area contributed by atoms with Crippen LogP contribution in [-0.2, 0) is 13.0 Å². The number of piperazine rings is 1. The number of aryl methyl sites for hydroxylation is 1. The van der Waals surface area contributed by atoms with Crippen LogP contribution in [0.25, 0.3) is 11.1 Å². The Kier molecular flexibility index (Phi) is 8.68. The topological polar surface area (TPSA) is 95.4 Å². The smallest absolute Gasteiger partial charge is 0.263 e. The fraction of sp³-hybridized carbons (Fsp3) is 0.379. The first kappa shape index (κ1) is 27.2. The lowest BCUT2D eigenvalue weighted by molar-refractivity contribution is 0.0621. The zero-order chi connectivity index (χ0) is 27.2. The van der Waals surface area contributed by atoms with E-state index in [1.807, 2.05) is 13.0 Å². The number of nitrogens with zero attached hydrogens (tertiary/aromatic N) is 3. The summed E-state index contributed by atoms with van der Waals surface area (Å²) in [6.07, 6.45) is 2.14. The molecule has 2 N–H and O–H groups in total. The normalized spacial score (nSPS) is 13.9. The van der Waals surface area contributed by atoms with Crippen LogP contribution in [0.2, 0.25) is 0 Å². The number of aromatic hydroxyl groups is 2. The second kappa shape index (κ2) is 12.1. The highest BCUT2D eigenvalue weighted by molar-refractivity contribution is 6.02. The standard InChI is InChI=1S/C29H34FN3O5/c1-4-5-10-21-24(25-22(37-2)11-7-12-23(25)38-3)27(34)26(28(35)31-21)29(36)33-15-13-32(14-16-33)18-19-8-6-9-20(30)17-19/h6-9,11-12,17H,4-5,10,13-16,18H2,1-3H3,(H2,31,34,35). The summed E-state index contributed by atoms with van der Waals surface area (Å²) in [6.45, 7) is 4.52. The van der Waals surface area contributed by atoms with Gasteiger partial charge in [0.05, 0.1) is 31.0 Å². The van der Waals surface area contributed by atoms with Gasteiger partial charge >= 0.3 is 0 Å². The van der Waals surface area contributed by atoms with E-state index < -0.39 is 11.8 Å². The summed E-state index contributed by atoms with van der Waals surface area (Å²) in [4.78, 5) is 21.7. The molecule has 1 amide bonds. The van der Waals surface area contributed by atoms with E-state index in [2.05, 4.69) is 9.88 Å². The minimum Gasteiger partial charge on any atom is -0.506 e. The molecule has 1 aromatic heterocycles. The van der Waals surface area contributed by atoms with Gasteiger partial charge in [0, 0.05) is 32.7 Å². The van der Waals surface area contributed by atoms with Crippen molar-refractivity contribution in [3.05, 3.63) is 65.1 Å². The summed E-state index contributed by atoms with van der Waals surface area (Å²) in [5, 5.41) is 22.4. The maximum absolute atomic E-state index is 13.6. The molecule has 2 aromatic carbocycles. The molecule has 1 aliphatic rings. The third-order valence-electron chi connectivity index (χ3n) is 6.84. The highest BCUT2D eigenvalue weighted by Gasteiger charge is 2.32. The first-order chi connectivity index (χ1) is 18.4. The molecule has 4 rings (SSSR count). The number of hydrogen-bond acceptors (Lipinski definition) is 7. The summed E-state index contributed by atoms with van der Waals surface area (Å²) < 4.78 is 24.7. The van der Waals surface area contributed by atoms with Gasteiger partial charge in [-0.25, -0.2) is 9.37 Å². The Morgan fingerprint density at radius 2 is 1.66 bits per heavy atom. The summed E-state index contributed by atoms with van der Waals surface area (Å²) in [6, 6.07) is 11.7. The average Bonchev–Trinajstić information content (AvgIpc) is 2.91. The molecule has 2 heterocycles. The summed E-state index contributed by atoms with van der Waals surface area (Å²) in [7, 11) is 3.04. The van der Waals surface area contributed by atoms with E-state index in [9.17, 15) is 19.4 Å². The molecular formula is C29H34FN3O5. The highest BCUT2D eigenvalue weighted by Crippen LogP contribution is 2.47. The first-order valence-corrected chi connectivity index (χ1v) is 12.8. The van der Waals surface area contributed by atoms with E-state index in [-0.39, 0.29) is 17.1 Å². The lowest BCUT2D eigenvalue weighted by atomic mass is 9.95. The summed E-state index contributed by atoms with van der Waals surface area (Å²) in [5.74, 6) is -0.727. The number of pyridine rings is 1. The molecule has 0 aliphatic carbocycles. The molecule has 3 aromatic rings. The van der Waals surface area contributed by atoms with Crippen LogP contribution < -0.4 is 9.47 Å². The molecule has 0 atom stereocenters. The Morgan fingerprint density at radius 3 is 2.26 bits per heavy atom. The van der Waals surface area contributed by atoms with Gasteiger partial charge in [-0.3, -0.25) is 9.69 Å². The highest BCUT2D eigenvalue weighted by atomic mass is 19.1. The monoisotopic (exact) mass is 523 g/mol. The first-order valence-electron chi connectivity index (χ1n) is 12.8. The lowest BCUT2D eigenvalue weighted by Crippen LogP contribution is -2.48. The van der Waals surface area contributed by atoms with Crippen LogP contribution >= 0.6 is 0 Å². The number of ether oxygens (including phenoxy) is 2. The molecule has 9 heteroatoms. The molecule has 202 valence electrons. The number of benzene rings is 2. The van der Waals surface area contributed by atoms with Gasteiger partial charge in [0.15, 0.2) is 0 Å². The number of rotatable bonds is 9. The van der Waals surface area contributed by atoms with Crippen LogP contribution in [0, 0.1) is 5.82 Å². The van der Waals surface area contributed by atoms with Crippen LogP contribution in [0.4, 0.5) is 4.39 Å². The van der Waals surface area contributed by atoms with Crippen molar-refractivity contribution >= 4 is 5.91 Å². The molecule has 0 bridgehead atoms. The number of carbonyl (C=O) groups excluding carboxylic acids is 1. The number of unbranched alkanes of at least 4 members (excludes halogenated alkanes) is 1. The van der Waals surface area contributed by atoms with Crippen molar-refractivity contribution in [1.29, 1.82) is 0 Å². The van der Waals surface area contributed by atoms with Gasteiger partial charge in [0.25, 0.3) is 5.91 Å². The van der Waals surface area contributed by atoms with Crippen molar-refractivity contribution in [3.63, 3.8) is 0 Å². The van der Waals surface area contributed by atoms with E-state index in [0.29, 0.717) is 67.5 Å². The Bertz CT molecular complexity index is 1270. The number of hydrogen-bond donors (Lipinski definition) is 2. The molecule has 1 aliphatic heterocycles. The predicted molar refractivity (Wildman–Crippen MR) is 142 cm³/mol. The fourth-order valence-electron chi connectivity index (χ4n) is 4.85. The van der Waals surface area contributed by atoms with Crippen molar-refractivity contribution in [2.24, 2.45) is 0 Å². The van der Waals surface area contributed by atoms with Crippen molar-refractivity contribution in [2.45, 2.75) is 32.7 Å². The molecular weight excluding hydrogens is 489 g/mol. The molecule has 0 radical (unpaired) electrons. The Morgan fingerprint density at radius 1 is 1.00 bits per heavy atom. The Balaban J connectivity index is 1.65. The lowest BCUT2D eigenvalue weighted by Gasteiger charge is -2.35. The third-order valence-corrected chi connectivity index (χ3v) is 6.84. The van der Waals surface area contributed by atoms with Gasteiger partial charge in [-0.2, -0.15) is 0 Å². The molecule has 0 spiro atoms. The van der Waals surface area contributed by atoms with E-state index in [1.54, 1.807) is 29.2 Å². The van der Waals surface area contributed by atoms with Crippen molar-refractivity contribution < 1.29 is 28.9 Å². The van der Waals surface area contributed by atoms with Crippen molar-refractivity contribution in [2.75, 3.05) is 40.4 Å². The second-order valence-electron chi connectivity index (χ2n) is 9.32. The number of halogens is 1. The largest absolute Gasteiger partial charge is 0.506 e. The van der Waals surface area contributed by atoms with Gasteiger partial charge in [-0.1, -0.05) is 31.5 Å². The van der Waals surface area contributed by atoms with Gasteiger partial charge < -0.3 is 24.6 Å². The molecule has 0 saturated carbocycles. The summed E-state index contributed by atoms with van der Waals surface area (Å²) in [5.41, 5.74) is 1.87. The molecule has 8 nitrogen and oxygen atoms in total. The van der Waals surface area contributed by atoms with Gasteiger partial charge in [-0.05, 0) is 42.7 Å². The van der Waals surface area contributed by atoms with E-state index in [1.165, 1.54) is 26.4 Å². The van der Waals surface area contributed by atoms with E-state index in [0.717, 1.165) is 18.4 Å². The Labute approximate surface area is 222 Å². The van der Waals surface area contributed by atoms with E-state index in [4.69, 9.17) is 9.47 Å². The average molecular weight is 524 g/mol. The predicted octanol–water partition coefficient (Wildman–Crippen LogP) is 4.62. The Hall–Kier alpha value is -3.85. The number of methoxy groups -OCH3 is 2. The minimum atomic E-state index is -0.505. The quantitative estimate of drug-likeness (QED) is 0.423. The zero-order valence-electron chi connectivity index (χ0n) is 22.0.